The van der Waals surface area contributed by atoms with Crippen molar-refractivity contribution >= 4 is 35.2 Å². The van der Waals surface area contributed by atoms with Gasteiger partial charge in [-0.05, 0) is 25.5 Å². The zero-order valence-electron chi connectivity index (χ0n) is 12.9. The molecule has 5 nitrogen and oxygen atoms in total. The Bertz CT molecular complexity index is 638. The Balaban J connectivity index is 2.60. The number of amides is 2. The van der Waals surface area contributed by atoms with Crippen molar-refractivity contribution in [2.45, 2.75) is 32.7 Å². The first kappa shape index (κ1) is 17.6. The number of allylic oxidation sites excluding steroid dienone is 1. The minimum atomic E-state index is -0.745. The predicted molar refractivity (Wildman–Crippen MR) is 89.4 cm³/mol. The van der Waals surface area contributed by atoms with Crippen LogP contribution >= 0.6 is 23.2 Å². The lowest BCUT2D eigenvalue weighted by atomic mass is 9.93. The highest BCUT2D eigenvalue weighted by Gasteiger charge is 2.35. The van der Waals surface area contributed by atoms with Gasteiger partial charge < -0.3 is 15.4 Å². The second kappa shape index (κ2) is 7.70. The molecule has 1 unspecified atom stereocenters. The summed E-state index contributed by atoms with van der Waals surface area (Å²) in [7, 11) is 0. The largest absolute Gasteiger partial charge is 0.463 e. The van der Waals surface area contributed by atoms with Crippen LogP contribution in [0, 0.1) is 0 Å². The third-order valence-electron chi connectivity index (χ3n) is 3.44. The Labute approximate surface area is 145 Å². The van der Waals surface area contributed by atoms with Crippen LogP contribution in [0.25, 0.3) is 0 Å². The molecule has 0 aliphatic carbocycles. The van der Waals surface area contributed by atoms with Crippen LogP contribution in [0.2, 0.25) is 10.0 Å². The van der Waals surface area contributed by atoms with Crippen molar-refractivity contribution in [2.75, 3.05) is 6.61 Å². The first-order chi connectivity index (χ1) is 11.0. The maximum Gasteiger partial charge on any atom is 0.338 e. The number of hydrogen-bond acceptors (Lipinski definition) is 3. The Morgan fingerprint density at radius 3 is 2.48 bits per heavy atom. The molecule has 0 spiro atoms. The molecule has 1 atom stereocenters. The van der Waals surface area contributed by atoms with Gasteiger partial charge in [0.2, 0.25) is 0 Å². The molecule has 0 radical (unpaired) electrons. The molecule has 1 aliphatic heterocycles. The van der Waals surface area contributed by atoms with Crippen LogP contribution in [0.1, 0.15) is 38.3 Å². The smallest absolute Gasteiger partial charge is 0.338 e. The molecule has 2 rings (SSSR count). The predicted octanol–water partition coefficient (Wildman–Crippen LogP) is 3.96. The number of halogens is 2. The van der Waals surface area contributed by atoms with E-state index >= 15 is 0 Å². The lowest BCUT2D eigenvalue weighted by Gasteiger charge is -2.30. The Morgan fingerprint density at radius 2 is 1.91 bits per heavy atom. The van der Waals surface area contributed by atoms with Crippen LogP contribution in [-0.4, -0.2) is 18.6 Å². The number of ether oxygens (including phenoxy) is 1. The summed E-state index contributed by atoms with van der Waals surface area (Å²) in [6.07, 6.45) is 1.31. The van der Waals surface area contributed by atoms with E-state index in [4.69, 9.17) is 27.9 Å². The average molecular weight is 357 g/mol. The fourth-order valence-corrected chi connectivity index (χ4v) is 3.13. The number of benzene rings is 1. The second-order valence-electron chi connectivity index (χ2n) is 5.03. The highest BCUT2D eigenvalue weighted by Crippen LogP contribution is 2.37. The van der Waals surface area contributed by atoms with E-state index in [0.29, 0.717) is 33.3 Å². The molecule has 7 heteroatoms. The number of carbonyl (C=O) groups excluding carboxylic acids is 2. The molecule has 2 amide bonds. The van der Waals surface area contributed by atoms with Crippen molar-refractivity contribution in [2.24, 2.45) is 0 Å². The molecular weight excluding hydrogens is 339 g/mol. The lowest BCUT2D eigenvalue weighted by molar-refractivity contribution is -0.139. The third-order valence-corrected chi connectivity index (χ3v) is 4.10. The van der Waals surface area contributed by atoms with E-state index in [1.165, 1.54) is 0 Å². The van der Waals surface area contributed by atoms with Gasteiger partial charge in [0.05, 0.1) is 18.2 Å². The van der Waals surface area contributed by atoms with E-state index in [1.807, 2.05) is 6.92 Å². The molecule has 1 aromatic rings. The molecule has 124 valence electrons. The van der Waals surface area contributed by atoms with E-state index in [-0.39, 0.29) is 6.61 Å². The van der Waals surface area contributed by atoms with Crippen LogP contribution in [0.5, 0.6) is 0 Å². The summed E-state index contributed by atoms with van der Waals surface area (Å²) < 4.78 is 5.15. The number of carbonyl (C=O) groups is 2. The summed E-state index contributed by atoms with van der Waals surface area (Å²) in [6.45, 7) is 3.92. The summed E-state index contributed by atoms with van der Waals surface area (Å²) in [6, 6.07) is 3.89. The molecule has 1 aliphatic rings. The molecule has 0 saturated carbocycles. The van der Waals surface area contributed by atoms with Crippen molar-refractivity contribution in [1.82, 2.24) is 10.6 Å². The first-order valence-electron chi connectivity index (χ1n) is 7.41. The van der Waals surface area contributed by atoms with E-state index in [0.717, 1.165) is 6.42 Å². The molecule has 0 bridgehead atoms. The molecule has 0 saturated heterocycles. The normalized spacial score (nSPS) is 17.6. The zero-order chi connectivity index (χ0) is 17.0. The molecule has 2 N–H and O–H groups in total. The fraction of sp³-hybridized carbons (Fsp3) is 0.375. The molecule has 1 aromatic carbocycles. The van der Waals surface area contributed by atoms with Crippen molar-refractivity contribution < 1.29 is 14.3 Å². The van der Waals surface area contributed by atoms with Gasteiger partial charge in [0.25, 0.3) is 0 Å². The van der Waals surface area contributed by atoms with Crippen molar-refractivity contribution in [3.8, 4) is 0 Å². The first-order valence-corrected chi connectivity index (χ1v) is 8.16. The number of rotatable bonds is 5. The van der Waals surface area contributed by atoms with Gasteiger partial charge in [0, 0.05) is 21.3 Å². The van der Waals surface area contributed by atoms with Gasteiger partial charge in [-0.15, -0.1) is 0 Å². The van der Waals surface area contributed by atoms with Crippen LogP contribution in [0.4, 0.5) is 4.79 Å². The monoisotopic (exact) mass is 356 g/mol. The number of nitrogens with one attached hydrogen (secondary N) is 2. The second-order valence-corrected chi connectivity index (χ2v) is 5.84. The Kier molecular flexibility index (Phi) is 5.91. The van der Waals surface area contributed by atoms with Crippen LogP contribution in [0.3, 0.4) is 0 Å². The fourth-order valence-electron chi connectivity index (χ4n) is 2.52. The van der Waals surface area contributed by atoms with E-state index in [2.05, 4.69) is 10.6 Å². The Hall–Kier alpha value is -1.72. The standard InChI is InChI=1S/C16H18Cl2N2O3/c1-3-6-11-13(15(21)23-4-2)14(20-16(22)19-11)12-9(17)7-5-8-10(12)18/h5,7-8,14H,3-4,6H2,1-2H3,(H2,19,20,22). The van der Waals surface area contributed by atoms with Gasteiger partial charge in [-0.1, -0.05) is 42.6 Å². The summed E-state index contributed by atoms with van der Waals surface area (Å²) >= 11 is 12.5. The minimum Gasteiger partial charge on any atom is -0.463 e. The highest BCUT2D eigenvalue weighted by molar-refractivity contribution is 6.36. The maximum atomic E-state index is 12.4. The number of hydrogen-bond donors (Lipinski definition) is 2. The van der Waals surface area contributed by atoms with Crippen molar-refractivity contribution in [3.63, 3.8) is 0 Å². The summed E-state index contributed by atoms with van der Waals surface area (Å²) in [5.41, 5.74) is 1.36. The van der Waals surface area contributed by atoms with Gasteiger partial charge in [0.1, 0.15) is 0 Å². The van der Waals surface area contributed by atoms with E-state index in [9.17, 15) is 9.59 Å². The SMILES string of the molecule is CCCC1=C(C(=O)OCC)C(c2c(Cl)cccc2Cl)NC(=O)N1. The lowest BCUT2D eigenvalue weighted by Crippen LogP contribution is -2.46. The topological polar surface area (TPSA) is 67.4 Å². The molecular formula is C16H18Cl2N2O3. The number of esters is 1. The molecule has 1 heterocycles. The van der Waals surface area contributed by atoms with E-state index < -0.39 is 18.0 Å². The molecule has 0 aromatic heterocycles. The summed E-state index contributed by atoms with van der Waals surface area (Å²) in [4.78, 5) is 24.4. The van der Waals surface area contributed by atoms with Gasteiger partial charge in [-0.3, -0.25) is 0 Å². The minimum absolute atomic E-state index is 0.235. The zero-order valence-corrected chi connectivity index (χ0v) is 14.4. The maximum absolute atomic E-state index is 12.4. The quantitative estimate of drug-likeness (QED) is 0.784. The summed E-state index contributed by atoms with van der Waals surface area (Å²) in [5.74, 6) is -0.496. The van der Waals surface area contributed by atoms with Gasteiger partial charge >= 0.3 is 12.0 Å². The van der Waals surface area contributed by atoms with Crippen LogP contribution in [-0.2, 0) is 9.53 Å². The molecule has 0 fully saturated rings. The van der Waals surface area contributed by atoms with Crippen LogP contribution in [0.15, 0.2) is 29.5 Å². The van der Waals surface area contributed by atoms with Gasteiger partial charge in [-0.25, -0.2) is 9.59 Å². The molecule has 23 heavy (non-hydrogen) atoms. The van der Waals surface area contributed by atoms with Crippen molar-refractivity contribution in [1.29, 1.82) is 0 Å². The van der Waals surface area contributed by atoms with E-state index in [1.54, 1.807) is 25.1 Å². The van der Waals surface area contributed by atoms with Crippen LogP contribution < -0.4 is 10.6 Å². The van der Waals surface area contributed by atoms with Gasteiger partial charge in [-0.2, -0.15) is 0 Å². The highest BCUT2D eigenvalue weighted by atomic mass is 35.5. The third kappa shape index (κ3) is 3.79. The average Bonchev–Trinajstić information content (AvgIpc) is 2.47. The Morgan fingerprint density at radius 1 is 1.26 bits per heavy atom. The number of urea groups is 1. The summed E-state index contributed by atoms with van der Waals surface area (Å²) in [5, 5.41) is 6.16. The van der Waals surface area contributed by atoms with Crippen molar-refractivity contribution in [3.05, 3.63) is 45.1 Å². The van der Waals surface area contributed by atoms with Gasteiger partial charge in [0.15, 0.2) is 0 Å².